The van der Waals surface area contributed by atoms with Crippen LogP contribution in [-0.2, 0) is 11.2 Å². The lowest BCUT2D eigenvalue weighted by Gasteiger charge is -2.24. The maximum absolute atomic E-state index is 12.6. The number of carboxylic acid groups (broad SMARTS) is 1. The van der Waals surface area contributed by atoms with E-state index in [9.17, 15) is 9.59 Å². The number of aryl methyl sites for hydroxylation is 1. The highest BCUT2D eigenvalue weighted by molar-refractivity contribution is 6.00. The maximum atomic E-state index is 12.6. The SMILES string of the molecule is COc1cc2c(cc1OC)C(=O)C(CCCCC(=O)O)CC2. The lowest BCUT2D eigenvalue weighted by atomic mass is 9.80. The molecule has 0 aliphatic heterocycles. The summed E-state index contributed by atoms with van der Waals surface area (Å²) in [5.74, 6) is 0.559. The van der Waals surface area contributed by atoms with Crippen LogP contribution in [0.4, 0.5) is 0 Å². The third-order valence-corrected chi connectivity index (χ3v) is 4.20. The van der Waals surface area contributed by atoms with Gasteiger partial charge in [-0.05, 0) is 43.4 Å². The van der Waals surface area contributed by atoms with E-state index in [1.54, 1.807) is 20.3 Å². The van der Waals surface area contributed by atoms with Crippen molar-refractivity contribution in [2.75, 3.05) is 14.2 Å². The number of unbranched alkanes of at least 4 members (excludes halogenated alkanes) is 1. The quantitative estimate of drug-likeness (QED) is 0.784. The number of Topliss-reactive ketones (excluding diaryl/α,β-unsaturated/α-hetero) is 1. The van der Waals surface area contributed by atoms with Gasteiger partial charge in [0.05, 0.1) is 14.2 Å². The van der Waals surface area contributed by atoms with Crippen molar-refractivity contribution in [3.63, 3.8) is 0 Å². The molecule has 0 bridgehead atoms. The number of carbonyl (C=O) groups excluding carboxylic acids is 1. The van der Waals surface area contributed by atoms with Gasteiger partial charge in [-0.2, -0.15) is 0 Å². The number of aliphatic carboxylic acids is 1. The summed E-state index contributed by atoms with van der Waals surface area (Å²) in [4.78, 5) is 23.1. The third kappa shape index (κ3) is 3.59. The van der Waals surface area contributed by atoms with E-state index < -0.39 is 5.97 Å². The van der Waals surface area contributed by atoms with Crippen molar-refractivity contribution in [3.05, 3.63) is 23.3 Å². The molecule has 0 fully saturated rings. The van der Waals surface area contributed by atoms with Crippen LogP contribution in [0.1, 0.15) is 48.0 Å². The van der Waals surface area contributed by atoms with Crippen molar-refractivity contribution in [3.8, 4) is 11.5 Å². The zero-order chi connectivity index (χ0) is 16.1. The topological polar surface area (TPSA) is 72.8 Å². The fraction of sp³-hybridized carbons (Fsp3) is 0.529. The molecule has 120 valence electrons. The second kappa shape index (κ2) is 7.29. The number of hydrogen-bond acceptors (Lipinski definition) is 4. The number of ketones is 1. The van der Waals surface area contributed by atoms with Crippen LogP contribution in [0.2, 0.25) is 0 Å². The van der Waals surface area contributed by atoms with Crippen LogP contribution in [0.15, 0.2) is 12.1 Å². The Morgan fingerprint density at radius 2 is 1.91 bits per heavy atom. The van der Waals surface area contributed by atoms with E-state index in [-0.39, 0.29) is 18.1 Å². The molecule has 1 aliphatic rings. The Morgan fingerprint density at radius 3 is 2.55 bits per heavy atom. The Kier molecular flexibility index (Phi) is 5.41. The first kappa shape index (κ1) is 16.3. The van der Waals surface area contributed by atoms with Gasteiger partial charge in [-0.1, -0.05) is 6.42 Å². The molecular weight excluding hydrogens is 284 g/mol. The van der Waals surface area contributed by atoms with Crippen molar-refractivity contribution in [1.29, 1.82) is 0 Å². The van der Waals surface area contributed by atoms with Crippen molar-refractivity contribution in [1.82, 2.24) is 0 Å². The molecule has 2 rings (SSSR count). The molecule has 1 aliphatic carbocycles. The van der Waals surface area contributed by atoms with Gasteiger partial charge in [-0.25, -0.2) is 0 Å². The number of carbonyl (C=O) groups is 2. The predicted molar refractivity (Wildman–Crippen MR) is 81.8 cm³/mol. The Hall–Kier alpha value is -2.04. The van der Waals surface area contributed by atoms with E-state index in [1.807, 2.05) is 6.07 Å². The number of ether oxygens (including phenoxy) is 2. The summed E-state index contributed by atoms with van der Waals surface area (Å²) in [6.07, 6.45) is 3.96. The highest BCUT2D eigenvalue weighted by atomic mass is 16.5. The normalized spacial score (nSPS) is 17.0. The van der Waals surface area contributed by atoms with Gasteiger partial charge >= 0.3 is 5.97 Å². The lowest BCUT2D eigenvalue weighted by Crippen LogP contribution is -2.23. The summed E-state index contributed by atoms with van der Waals surface area (Å²) < 4.78 is 10.5. The van der Waals surface area contributed by atoms with E-state index >= 15 is 0 Å². The van der Waals surface area contributed by atoms with Crippen LogP contribution in [0, 0.1) is 5.92 Å². The Balaban J connectivity index is 2.07. The van der Waals surface area contributed by atoms with Gasteiger partial charge in [0.2, 0.25) is 0 Å². The Labute approximate surface area is 130 Å². The molecule has 1 atom stereocenters. The molecule has 5 heteroatoms. The minimum Gasteiger partial charge on any atom is -0.493 e. The summed E-state index contributed by atoms with van der Waals surface area (Å²) >= 11 is 0. The molecule has 0 saturated carbocycles. The van der Waals surface area contributed by atoms with E-state index in [0.29, 0.717) is 23.5 Å². The second-order valence-corrected chi connectivity index (χ2v) is 5.60. The number of hydrogen-bond donors (Lipinski definition) is 1. The van der Waals surface area contributed by atoms with Crippen LogP contribution in [0.3, 0.4) is 0 Å². The molecule has 0 aromatic heterocycles. The number of benzene rings is 1. The molecular formula is C17H22O5. The summed E-state index contributed by atoms with van der Waals surface area (Å²) in [5, 5.41) is 8.65. The molecule has 1 aromatic rings. The maximum Gasteiger partial charge on any atom is 0.303 e. The zero-order valence-electron chi connectivity index (χ0n) is 13.1. The lowest BCUT2D eigenvalue weighted by molar-refractivity contribution is -0.137. The van der Waals surface area contributed by atoms with Crippen LogP contribution in [0.5, 0.6) is 11.5 Å². The van der Waals surface area contributed by atoms with Crippen LogP contribution < -0.4 is 9.47 Å². The van der Waals surface area contributed by atoms with Gasteiger partial charge in [0, 0.05) is 17.9 Å². The fourth-order valence-electron chi connectivity index (χ4n) is 2.98. The van der Waals surface area contributed by atoms with Crippen molar-refractivity contribution in [2.24, 2.45) is 5.92 Å². The van der Waals surface area contributed by atoms with E-state index in [4.69, 9.17) is 14.6 Å². The molecule has 1 aromatic carbocycles. The number of rotatable bonds is 7. The number of carboxylic acids is 1. The molecule has 1 N–H and O–H groups in total. The van der Waals surface area contributed by atoms with Gasteiger partial charge in [0.25, 0.3) is 0 Å². The van der Waals surface area contributed by atoms with Crippen molar-refractivity contribution < 1.29 is 24.2 Å². The smallest absolute Gasteiger partial charge is 0.303 e. The van der Waals surface area contributed by atoms with Crippen LogP contribution in [0.25, 0.3) is 0 Å². The van der Waals surface area contributed by atoms with E-state index in [2.05, 4.69) is 0 Å². The first-order valence-corrected chi connectivity index (χ1v) is 7.57. The fourth-order valence-corrected chi connectivity index (χ4v) is 2.98. The van der Waals surface area contributed by atoms with Gasteiger partial charge in [0.1, 0.15) is 0 Å². The summed E-state index contributed by atoms with van der Waals surface area (Å²) in [6.45, 7) is 0. The van der Waals surface area contributed by atoms with Crippen molar-refractivity contribution >= 4 is 11.8 Å². The summed E-state index contributed by atoms with van der Waals surface area (Å²) in [6, 6.07) is 3.65. The first-order chi connectivity index (χ1) is 10.6. The Bertz CT molecular complexity index is 564. The monoisotopic (exact) mass is 306 g/mol. The van der Waals surface area contributed by atoms with E-state index in [1.165, 1.54) is 0 Å². The average molecular weight is 306 g/mol. The average Bonchev–Trinajstić information content (AvgIpc) is 2.52. The number of fused-ring (bicyclic) bond motifs is 1. The highest BCUT2D eigenvalue weighted by Crippen LogP contribution is 2.36. The standard InChI is InChI=1S/C17H22O5/c1-21-14-9-12-8-7-11(5-3-4-6-16(18)19)17(20)13(12)10-15(14)22-2/h9-11H,3-8H2,1-2H3,(H,18,19). The van der Waals surface area contributed by atoms with Crippen LogP contribution in [-0.4, -0.2) is 31.1 Å². The molecule has 1 unspecified atom stereocenters. The molecule has 22 heavy (non-hydrogen) atoms. The molecule has 0 amide bonds. The van der Waals surface area contributed by atoms with Gasteiger partial charge in [-0.3, -0.25) is 9.59 Å². The van der Waals surface area contributed by atoms with Gasteiger partial charge in [-0.15, -0.1) is 0 Å². The third-order valence-electron chi connectivity index (χ3n) is 4.20. The zero-order valence-corrected chi connectivity index (χ0v) is 13.1. The largest absolute Gasteiger partial charge is 0.493 e. The molecule has 0 heterocycles. The number of methoxy groups -OCH3 is 2. The first-order valence-electron chi connectivity index (χ1n) is 7.57. The minimum atomic E-state index is -0.780. The van der Waals surface area contributed by atoms with Gasteiger partial charge < -0.3 is 14.6 Å². The summed E-state index contributed by atoms with van der Waals surface area (Å²) in [5.41, 5.74) is 1.72. The molecule has 5 nitrogen and oxygen atoms in total. The summed E-state index contributed by atoms with van der Waals surface area (Å²) in [7, 11) is 3.14. The molecule has 0 spiro atoms. The minimum absolute atomic E-state index is 0.0144. The molecule has 0 saturated heterocycles. The van der Waals surface area contributed by atoms with E-state index in [0.717, 1.165) is 31.2 Å². The predicted octanol–water partition coefficient (Wildman–Crippen LogP) is 3.09. The molecule has 0 radical (unpaired) electrons. The highest BCUT2D eigenvalue weighted by Gasteiger charge is 2.28. The van der Waals surface area contributed by atoms with Gasteiger partial charge in [0.15, 0.2) is 17.3 Å². The van der Waals surface area contributed by atoms with Crippen LogP contribution >= 0.6 is 0 Å². The second-order valence-electron chi connectivity index (χ2n) is 5.60. The Morgan fingerprint density at radius 1 is 1.23 bits per heavy atom. The van der Waals surface area contributed by atoms with Crippen molar-refractivity contribution in [2.45, 2.75) is 38.5 Å².